The second-order valence-corrected chi connectivity index (χ2v) is 5.92. The van der Waals surface area contributed by atoms with Crippen molar-refractivity contribution in [2.45, 2.75) is 13.3 Å². The molecule has 0 saturated heterocycles. The second kappa shape index (κ2) is 8.33. The van der Waals surface area contributed by atoms with Crippen molar-refractivity contribution in [2.75, 3.05) is 20.3 Å². The normalized spacial score (nSPS) is 10.2. The van der Waals surface area contributed by atoms with E-state index < -0.39 is 0 Å². The molecule has 0 unspecified atom stereocenters. The van der Waals surface area contributed by atoms with Gasteiger partial charge >= 0.3 is 0 Å². The Balaban J connectivity index is 1.84. The maximum Gasteiger partial charge on any atom is 0.257 e. The molecule has 6 heteroatoms. The monoisotopic (exact) mass is 333 g/mol. The number of carbonyl (C=O) groups excluding carboxylic acids is 2. The molecule has 0 aliphatic heterocycles. The van der Waals surface area contributed by atoms with E-state index in [0.717, 1.165) is 6.42 Å². The van der Waals surface area contributed by atoms with Crippen LogP contribution < -0.4 is 14.8 Å². The average molecular weight is 333 g/mol. The summed E-state index contributed by atoms with van der Waals surface area (Å²) in [5.41, 5.74) is 0.399. The van der Waals surface area contributed by atoms with Crippen LogP contribution in [0.25, 0.3) is 0 Å². The Morgan fingerprint density at radius 2 is 2.09 bits per heavy atom. The van der Waals surface area contributed by atoms with E-state index >= 15 is 0 Å². The highest BCUT2D eigenvalue weighted by Crippen LogP contribution is 2.24. The summed E-state index contributed by atoms with van der Waals surface area (Å²) in [5, 5.41) is 4.80. The lowest BCUT2D eigenvalue weighted by Gasteiger charge is -2.11. The molecule has 0 aliphatic rings. The molecule has 1 aromatic carbocycles. The minimum atomic E-state index is -0.216. The van der Waals surface area contributed by atoms with E-state index in [1.807, 2.05) is 17.5 Å². The number of rotatable bonds is 8. The van der Waals surface area contributed by atoms with Crippen LogP contribution in [0.2, 0.25) is 0 Å². The number of methoxy groups -OCH3 is 1. The molecule has 1 amide bonds. The molecule has 0 aliphatic carbocycles. The molecule has 0 radical (unpaired) electrons. The van der Waals surface area contributed by atoms with Crippen molar-refractivity contribution >= 4 is 23.0 Å². The first kappa shape index (κ1) is 17.0. The Labute approximate surface area is 139 Å². The van der Waals surface area contributed by atoms with Gasteiger partial charge in [0.25, 0.3) is 5.91 Å². The zero-order chi connectivity index (χ0) is 16.7. The predicted molar refractivity (Wildman–Crippen MR) is 89.5 cm³/mol. The summed E-state index contributed by atoms with van der Waals surface area (Å²) in [6.45, 7) is 1.88. The third-order valence-corrected chi connectivity index (χ3v) is 4.13. The van der Waals surface area contributed by atoms with Crippen LogP contribution in [-0.4, -0.2) is 32.0 Å². The van der Waals surface area contributed by atoms with Gasteiger partial charge in [-0.1, -0.05) is 6.07 Å². The molecule has 2 rings (SSSR count). The fourth-order valence-corrected chi connectivity index (χ4v) is 2.72. The topological polar surface area (TPSA) is 64.6 Å². The van der Waals surface area contributed by atoms with Crippen molar-refractivity contribution in [1.29, 1.82) is 0 Å². The SMILES string of the molecule is COc1ccc(OCC(=O)NCCc2cccs2)c(C(C)=O)c1. The third-order valence-electron chi connectivity index (χ3n) is 3.20. The molecule has 2 aromatic rings. The van der Waals surface area contributed by atoms with Gasteiger partial charge in [-0.2, -0.15) is 0 Å². The summed E-state index contributed by atoms with van der Waals surface area (Å²) in [5.74, 6) is 0.596. The van der Waals surface area contributed by atoms with Crippen LogP contribution in [0, 0.1) is 0 Å². The van der Waals surface area contributed by atoms with Crippen molar-refractivity contribution in [3.63, 3.8) is 0 Å². The molecule has 23 heavy (non-hydrogen) atoms. The summed E-state index contributed by atoms with van der Waals surface area (Å²) in [4.78, 5) is 24.7. The second-order valence-electron chi connectivity index (χ2n) is 4.89. The fraction of sp³-hybridized carbons (Fsp3) is 0.294. The highest BCUT2D eigenvalue weighted by Gasteiger charge is 2.12. The summed E-state index contributed by atoms with van der Waals surface area (Å²) < 4.78 is 10.5. The molecule has 122 valence electrons. The van der Waals surface area contributed by atoms with Crippen LogP contribution in [-0.2, 0) is 11.2 Å². The van der Waals surface area contributed by atoms with Crippen molar-refractivity contribution in [3.05, 3.63) is 46.2 Å². The smallest absolute Gasteiger partial charge is 0.257 e. The Kier molecular flexibility index (Phi) is 6.17. The molecule has 0 atom stereocenters. The van der Waals surface area contributed by atoms with E-state index in [4.69, 9.17) is 9.47 Å². The molecule has 5 nitrogen and oxygen atoms in total. The number of benzene rings is 1. The van der Waals surface area contributed by atoms with Crippen LogP contribution in [0.5, 0.6) is 11.5 Å². The quantitative estimate of drug-likeness (QED) is 0.755. The minimum absolute atomic E-state index is 0.128. The van der Waals surface area contributed by atoms with Crippen LogP contribution >= 0.6 is 11.3 Å². The Bertz CT molecular complexity index is 667. The van der Waals surface area contributed by atoms with E-state index in [1.54, 1.807) is 29.5 Å². The molecule has 0 saturated carbocycles. The number of thiophene rings is 1. The molecule has 1 aromatic heterocycles. The number of carbonyl (C=O) groups is 2. The van der Waals surface area contributed by atoms with Gasteiger partial charge in [-0.25, -0.2) is 0 Å². The predicted octanol–water partition coefficient (Wildman–Crippen LogP) is 2.70. The van der Waals surface area contributed by atoms with Gasteiger partial charge in [0.15, 0.2) is 12.4 Å². The first-order chi connectivity index (χ1) is 11.1. The Morgan fingerprint density at radius 3 is 2.74 bits per heavy atom. The van der Waals surface area contributed by atoms with Crippen LogP contribution in [0.3, 0.4) is 0 Å². The largest absolute Gasteiger partial charge is 0.497 e. The van der Waals surface area contributed by atoms with Crippen LogP contribution in [0.4, 0.5) is 0 Å². The van der Waals surface area contributed by atoms with Crippen molar-refractivity contribution in [3.8, 4) is 11.5 Å². The standard InChI is InChI=1S/C17H19NO4S/c1-12(19)15-10-13(21-2)5-6-16(15)22-11-17(20)18-8-7-14-4-3-9-23-14/h3-6,9-10H,7-8,11H2,1-2H3,(H,18,20). The number of amides is 1. The van der Waals surface area contributed by atoms with Crippen molar-refractivity contribution in [2.24, 2.45) is 0 Å². The molecule has 0 bridgehead atoms. The lowest BCUT2D eigenvalue weighted by molar-refractivity contribution is -0.123. The van der Waals surface area contributed by atoms with E-state index in [-0.39, 0.29) is 18.3 Å². The van der Waals surface area contributed by atoms with Gasteiger partial charge in [-0.05, 0) is 43.0 Å². The van der Waals surface area contributed by atoms with Gasteiger partial charge in [0, 0.05) is 11.4 Å². The van der Waals surface area contributed by atoms with Gasteiger partial charge in [0.1, 0.15) is 11.5 Å². The molecule has 1 N–H and O–H groups in total. The highest BCUT2D eigenvalue weighted by atomic mass is 32.1. The van der Waals surface area contributed by atoms with E-state index in [2.05, 4.69) is 5.32 Å². The minimum Gasteiger partial charge on any atom is -0.497 e. The van der Waals surface area contributed by atoms with Gasteiger partial charge in [0.2, 0.25) is 0 Å². The number of nitrogens with one attached hydrogen (secondary N) is 1. The van der Waals surface area contributed by atoms with Gasteiger partial charge < -0.3 is 14.8 Å². The van der Waals surface area contributed by atoms with Crippen LogP contribution in [0.1, 0.15) is 22.2 Å². The first-order valence-electron chi connectivity index (χ1n) is 7.21. The number of ether oxygens (including phenoxy) is 2. The summed E-state index contributed by atoms with van der Waals surface area (Å²) in [6.07, 6.45) is 0.796. The van der Waals surface area contributed by atoms with E-state index in [9.17, 15) is 9.59 Å². The summed E-state index contributed by atoms with van der Waals surface area (Å²) in [7, 11) is 1.53. The number of Topliss-reactive ketones (excluding diaryl/α,β-unsaturated/α-hetero) is 1. The Hall–Kier alpha value is -2.34. The van der Waals surface area contributed by atoms with Crippen LogP contribution in [0.15, 0.2) is 35.7 Å². The summed E-state index contributed by atoms with van der Waals surface area (Å²) >= 11 is 1.66. The lowest BCUT2D eigenvalue weighted by atomic mass is 10.1. The third kappa shape index (κ3) is 5.10. The first-order valence-corrected chi connectivity index (χ1v) is 8.09. The Morgan fingerprint density at radius 1 is 1.26 bits per heavy atom. The summed E-state index contributed by atoms with van der Waals surface area (Å²) in [6, 6.07) is 8.94. The molecular formula is C17H19NO4S. The fourth-order valence-electron chi connectivity index (χ4n) is 2.01. The van der Waals surface area contributed by atoms with Crippen molar-refractivity contribution < 1.29 is 19.1 Å². The van der Waals surface area contributed by atoms with Crippen molar-refractivity contribution in [1.82, 2.24) is 5.32 Å². The molecule has 0 fully saturated rings. The number of hydrogen-bond acceptors (Lipinski definition) is 5. The molecular weight excluding hydrogens is 314 g/mol. The molecule has 1 heterocycles. The van der Waals surface area contributed by atoms with Gasteiger partial charge in [-0.3, -0.25) is 9.59 Å². The van der Waals surface area contributed by atoms with E-state index in [1.165, 1.54) is 18.9 Å². The average Bonchev–Trinajstić information content (AvgIpc) is 3.06. The molecule has 0 spiro atoms. The number of hydrogen-bond donors (Lipinski definition) is 1. The highest BCUT2D eigenvalue weighted by molar-refractivity contribution is 7.09. The zero-order valence-corrected chi connectivity index (χ0v) is 13.9. The van der Waals surface area contributed by atoms with Gasteiger partial charge in [0.05, 0.1) is 12.7 Å². The maximum atomic E-state index is 11.8. The number of ketones is 1. The van der Waals surface area contributed by atoms with E-state index in [0.29, 0.717) is 23.6 Å². The zero-order valence-electron chi connectivity index (χ0n) is 13.1. The van der Waals surface area contributed by atoms with Gasteiger partial charge in [-0.15, -0.1) is 11.3 Å². The lowest BCUT2D eigenvalue weighted by Crippen LogP contribution is -2.30. The maximum absolute atomic E-state index is 11.8.